The van der Waals surface area contributed by atoms with Crippen molar-refractivity contribution in [2.45, 2.75) is 406 Å². The zero-order valence-electron chi connectivity index (χ0n) is 64.1. The molecule has 0 saturated heterocycles. The number of allylic oxidation sites excluding steroid dienone is 8. The first-order valence-electron chi connectivity index (χ1n) is 40.9. The third-order valence-corrected chi connectivity index (χ3v) is 19.7. The molecule has 5 atom stereocenters. The van der Waals surface area contributed by atoms with E-state index in [9.17, 15) is 43.2 Å². The van der Waals surface area contributed by atoms with E-state index < -0.39 is 97.5 Å². The van der Waals surface area contributed by atoms with Crippen LogP contribution in [0.1, 0.15) is 387 Å². The van der Waals surface area contributed by atoms with Crippen molar-refractivity contribution in [2.75, 3.05) is 39.6 Å². The minimum atomic E-state index is -4.97. The van der Waals surface area contributed by atoms with E-state index in [0.29, 0.717) is 25.7 Å². The van der Waals surface area contributed by atoms with Gasteiger partial charge in [0.25, 0.3) is 0 Å². The molecule has 0 radical (unpaired) electrons. The summed E-state index contributed by atoms with van der Waals surface area (Å²) < 4.78 is 68.7. The number of carbonyl (C=O) groups is 4. The molecule has 0 saturated carbocycles. The first-order chi connectivity index (χ1) is 48.7. The van der Waals surface area contributed by atoms with E-state index in [0.717, 1.165) is 148 Å². The van der Waals surface area contributed by atoms with Crippen molar-refractivity contribution < 1.29 is 80.2 Å². The molecular formula is C81H150O17P2. The van der Waals surface area contributed by atoms with Crippen LogP contribution in [-0.2, 0) is 65.4 Å². The van der Waals surface area contributed by atoms with E-state index in [1.165, 1.54) is 161 Å². The Morgan fingerprint density at radius 3 is 0.780 bits per heavy atom. The van der Waals surface area contributed by atoms with Crippen molar-refractivity contribution in [3.8, 4) is 0 Å². The zero-order chi connectivity index (χ0) is 73.2. The molecule has 0 heterocycles. The lowest BCUT2D eigenvalue weighted by Crippen LogP contribution is -2.30. The SMILES string of the molecule is CCCCC/C=C\C/C=C\CCCCCCCC(=O)O[C@H](COC(=O)CCCCCCCCC/C=C\CCCCCC)COP(=O)(O)OC[C@@H](O)COP(=O)(O)OC[C@@H](COC(=O)CCCCCCCCC/C=C\CCCCCC)OC(=O)CCCCCCCCCCCCCCCCC. The number of phosphoric ester groups is 2. The summed E-state index contributed by atoms with van der Waals surface area (Å²) in [4.78, 5) is 73.0. The van der Waals surface area contributed by atoms with Crippen LogP contribution in [0, 0.1) is 0 Å². The highest BCUT2D eigenvalue weighted by molar-refractivity contribution is 7.47. The number of aliphatic hydroxyl groups is 1. The summed E-state index contributed by atoms with van der Waals surface area (Å²) in [7, 11) is -9.94. The van der Waals surface area contributed by atoms with Crippen LogP contribution < -0.4 is 0 Å². The third kappa shape index (κ3) is 73.3. The van der Waals surface area contributed by atoms with Crippen molar-refractivity contribution in [1.29, 1.82) is 0 Å². The van der Waals surface area contributed by atoms with Gasteiger partial charge in [-0.2, -0.15) is 0 Å². The van der Waals surface area contributed by atoms with E-state index in [1.54, 1.807) is 0 Å². The monoisotopic (exact) mass is 1460 g/mol. The number of carbonyl (C=O) groups excluding carboxylic acids is 4. The van der Waals surface area contributed by atoms with Crippen LogP contribution in [0.15, 0.2) is 48.6 Å². The second-order valence-electron chi connectivity index (χ2n) is 27.7. The van der Waals surface area contributed by atoms with Crippen LogP contribution in [0.2, 0.25) is 0 Å². The summed E-state index contributed by atoms with van der Waals surface area (Å²) in [6.07, 6.45) is 72.2. The summed E-state index contributed by atoms with van der Waals surface area (Å²) in [5.41, 5.74) is 0. The molecule has 0 fully saturated rings. The maximum atomic E-state index is 13.1. The normalized spacial score (nSPS) is 14.1. The van der Waals surface area contributed by atoms with Gasteiger partial charge in [0.2, 0.25) is 0 Å². The fourth-order valence-corrected chi connectivity index (χ4v) is 13.1. The largest absolute Gasteiger partial charge is 0.472 e. The fraction of sp³-hybridized carbons (Fsp3) is 0.852. The number of hydrogen-bond acceptors (Lipinski definition) is 15. The van der Waals surface area contributed by atoms with Crippen molar-refractivity contribution in [3.05, 3.63) is 48.6 Å². The zero-order valence-corrected chi connectivity index (χ0v) is 65.9. The number of rotatable bonds is 78. The second-order valence-corrected chi connectivity index (χ2v) is 30.6. The topological polar surface area (TPSA) is 237 Å². The molecule has 0 aliphatic heterocycles. The summed E-state index contributed by atoms with van der Waals surface area (Å²) in [5, 5.41) is 10.6. The van der Waals surface area contributed by atoms with Gasteiger partial charge in [-0.3, -0.25) is 37.3 Å². The van der Waals surface area contributed by atoms with Gasteiger partial charge in [0.15, 0.2) is 12.2 Å². The van der Waals surface area contributed by atoms with Crippen molar-refractivity contribution in [3.63, 3.8) is 0 Å². The molecular weight excluding hydrogens is 1310 g/mol. The number of ether oxygens (including phenoxy) is 4. The van der Waals surface area contributed by atoms with E-state index in [1.807, 2.05) is 0 Å². The second kappa shape index (κ2) is 74.3. The van der Waals surface area contributed by atoms with E-state index >= 15 is 0 Å². The molecule has 0 aromatic heterocycles. The summed E-state index contributed by atoms with van der Waals surface area (Å²) >= 11 is 0. The van der Waals surface area contributed by atoms with Crippen molar-refractivity contribution in [2.24, 2.45) is 0 Å². The molecule has 0 amide bonds. The Labute approximate surface area is 610 Å². The highest BCUT2D eigenvalue weighted by atomic mass is 31.2. The van der Waals surface area contributed by atoms with Gasteiger partial charge in [0.05, 0.1) is 26.4 Å². The minimum Gasteiger partial charge on any atom is -0.462 e. The molecule has 0 spiro atoms. The lowest BCUT2D eigenvalue weighted by atomic mass is 10.0. The standard InChI is InChI=1S/C81H150O17P2/c1-5-9-13-17-21-25-29-33-37-41-45-49-53-57-61-65-78(83)91-71-76(97-80(85)67-63-59-55-51-47-43-39-35-31-27-23-19-15-11-7-3)73-95-99(87,88)93-69-75(82)70-94-100(89,90)96-74-77(98-81(86)68-64-60-56-52-48-44-40-36-32-28-24-20-16-12-8-4)72-92-79(84)66-62-58-54-50-46-42-38-34-30-26-22-18-14-10-6-2/h23,25-27,29-30,35,39,75-77,82H,5-22,24,28,31-34,36-38,40-74H2,1-4H3,(H,87,88)(H,89,90)/b27-23-,29-25-,30-26-,39-35-/t75-,76-,77-/m1/s1. The maximum absolute atomic E-state index is 13.1. The van der Waals surface area contributed by atoms with Crippen LogP contribution in [0.25, 0.3) is 0 Å². The van der Waals surface area contributed by atoms with Crippen LogP contribution in [0.4, 0.5) is 0 Å². The predicted octanol–water partition coefficient (Wildman–Crippen LogP) is 23.7. The Morgan fingerprint density at radius 2 is 0.490 bits per heavy atom. The number of aliphatic hydroxyl groups excluding tert-OH is 1. The van der Waals surface area contributed by atoms with Gasteiger partial charge in [-0.1, -0.05) is 301 Å². The molecule has 0 rings (SSSR count). The molecule has 100 heavy (non-hydrogen) atoms. The fourth-order valence-electron chi connectivity index (χ4n) is 11.5. The quantitative estimate of drug-likeness (QED) is 0.0169. The van der Waals surface area contributed by atoms with Gasteiger partial charge in [0.1, 0.15) is 19.3 Å². The Balaban J connectivity index is 5.33. The van der Waals surface area contributed by atoms with E-state index in [2.05, 4.69) is 76.3 Å². The van der Waals surface area contributed by atoms with Gasteiger partial charge in [0, 0.05) is 25.7 Å². The molecule has 19 heteroatoms. The summed E-state index contributed by atoms with van der Waals surface area (Å²) in [5.74, 6) is -2.16. The van der Waals surface area contributed by atoms with Gasteiger partial charge in [-0.05, 0) is 109 Å². The summed E-state index contributed by atoms with van der Waals surface area (Å²) in [6, 6.07) is 0. The van der Waals surface area contributed by atoms with E-state index in [4.69, 9.17) is 37.0 Å². The Bertz CT molecular complexity index is 2080. The van der Waals surface area contributed by atoms with Crippen LogP contribution >= 0.6 is 15.6 Å². The van der Waals surface area contributed by atoms with Gasteiger partial charge in [-0.15, -0.1) is 0 Å². The molecule has 17 nitrogen and oxygen atoms in total. The number of esters is 4. The van der Waals surface area contributed by atoms with Gasteiger partial charge >= 0.3 is 39.5 Å². The molecule has 0 bridgehead atoms. The lowest BCUT2D eigenvalue weighted by molar-refractivity contribution is -0.161. The molecule has 0 aromatic rings. The Kier molecular flexibility index (Phi) is 72.1. The molecule has 0 aromatic carbocycles. The summed E-state index contributed by atoms with van der Waals surface area (Å²) in [6.45, 7) is 4.89. The van der Waals surface area contributed by atoms with E-state index in [-0.39, 0.29) is 25.7 Å². The number of unbranched alkanes of at least 4 members (excludes halogenated alkanes) is 44. The average molecular weight is 1460 g/mol. The smallest absolute Gasteiger partial charge is 0.462 e. The third-order valence-electron chi connectivity index (χ3n) is 17.8. The first-order valence-corrected chi connectivity index (χ1v) is 43.9. The van der Waals surface area contributed by atoms with Crippen molar-refractivity contribution >= 4 is 39.5 Å². The highest BCUT2D eigenvalue weighted by Gasteiger charge is 2.30. The average Bonchev–Trinajstić information content (AvgIpc) is 1.25. The Hall–Kier alpha value is -2.98. The Morgan fingerprint density at radius 1 is 0.280 bits per heavy atom. The molecule has 586 valence electrons. The minimum absolute atomic E-state index is 0.0833. The van der Waals surface area contributed by atoms with Crippen LogP contribution in [-0.4, -0.2) is 96.7 Å². The highest BCUT2D eigenvalue weighted by Crippen LogP contribution is 2.45. The molecule has 3 N–H and O–H groups in total. The molecule has 2 unspecified atom stereocenters. The number of phosphoric acid groups is 2. The lowest BCUT2D eigenvalue weighted by Gasteiger charge is -2.21. The van der Waals surface area contributed by atoms with Crippen LogP contribution in [0.5, 0.6) is 0 Å². The van der Waals surface area contributed by atoms with Crippen LogP contribution in [0.3, 0.4) is 0 Å². The molecule has 0 aliphatic carbocycles. The number of hydrogen-bond donors (Lipinski definition) is 3. The maximum Gasteiger partial charge on any atom is 0.472 e. The molecule has 0 aliphatic rings. The predicted molar refractivity (Wildman–Crippen MR) is 409 cm³/mol. The van der Waals surface area contributed by atoms with Gasteiger partial charge < -0.3 is 33.8 Å². The first kappa shape index (κ1) is 97.0. The van der Waals surface area contributed by atoms with Gasteiger partial charge in [-0.25, -0.2) is 9.13 Å². The van der Waals surface area contributed by atoms with Crippen molar-refractivity contribution in [1.82, 2.24) is 0 Å².